The Morgan fingerprint density at radius 3 is 2.68 bits per heavy atom. The lowest BCUT2D eigenvalue weighted by atomic mass is 10.1. The van der Waals surface area contributed by atoms with Gasteiger partial charge in [-0.25, -0.2) is 0 Å². The second kappa shape index (κ2) is 5.93. The molecule has 0 aliphatic carbocycles. The van der Waals surface area contributed by atoms with Crippen LogP contribution >= 0.6 is 15.9 Å². The summed E-state index contributed by atoms with van der Waals surface area (Å²) in [5.74, 6) is 0.469. The molecular weight excluding hydrogens is 346 g/mol. The van der Waals surface area contributed by atoms with E-state index in [1.807, 2.05) is 18.2 Å². The van der Waals surface area contributed by atoms with Crippen molar-refractivity contribution in [1.82, 2.24) is 0 Å². The second-order valence-corrected chi connectivity index (χ2v) is 5.88. The summed E-state index contributed by atoms with van der Waals surface area (Å²) < 4.78 is 6.33. The SMILES string of the molecule is CC(=O)c1ccc2c(c1)N(C(=O)c1ccccc1Br)CCO2. The quantitative estimate of drug-likeness (QED) is 0.768. The third-order valence-corrected chi connectivity index (χ3v) is 4.27. The van der Waals surface area contributed by atoms with Crippen LogP contribution in [0.15, 0.2) is 46.9 Å². The number of benzene rings is 2. The van der Waals surface area contributed by atoms with Gasteiger partial charge in [-0.1, -0.05) is 12.1 Å². The van der Waals surface area contributed by atoms with Crippen LogP contribution in [0.4, 0.5) is 5.69 Å². The average Bonchev–Trinajstić information content (AvgIpc) is 2.53. The van der Waals surface area contributed by atoms with Gasteiger partial charge < -0.3 is 9.64 Å². The predicted molar refractivity (Wildman–Crippen MR) is 87.8 cm³/mol. The van der Waals surface area contributed by atoms with E-state index in [1.54, 1.807) is 29.2 Å². The highest BCUT2D eigenvalue weighted by atomic mass is 79.9. The molecule has 0 N–H and O–H groups in total. The zero-order chi connectivity index (χ0) is 15.7. The Morgan fingerprint density at radius 2 is 1.95 bits per heavy atom. The van der Waals surface area contributed by atoms with Gasteiger partial charge in [-0.2, -0.15) is 0 Å². The molecule has 112 valence electrons. The van der Waals surface area contributed by atoms with Crippen molar-refractivity contribution in [3.05, 3.63) is 58.1 Å². The normalized spacial score (nSPS) is 13.3. The van der Waals surface area contributed by atoms with Gasteiger partial charge in [0.05, 0.1) is 17.8 Å². The summed E-state index contributed by atoms with van der Waals surface area (Å²) >= 11 is 3.41. The van der Waals surface area contributed by atoms with Crippen molar-refractivity contribution in [1.29, 1.82) is 0 Å². The number of nitrogens with zero attached hydrogens (tertiary/aromatic N) is 1. The van der Waals surface area contributed by atoms with Gasteiger partial charge in [-0.3, -0.25) is 9.59 Å². The topological polar surface area (TPSA) is 46.6 Å². The summed E-state index contributed by atoms with van der Waals surface area (Å²) in [5, 5.41) is 0. The molecule has 0 radical (unpaired) electrons. The fourth-order valence-electron chi connectivity index (χ4n) is 2.43. The molecule has 1 heterocycles. The Hall–Kier alpha value is -2.14. The molecule has 2 aromatic rings. The third kappa shape index (κ3) is 2.64. The molecule has 0 fully saturated rings. The fraction of sp³-hybridized carbons (Fsp3) is 0.176. The zero-order valence-corrected chi connectivity index (χ0v) is 13.6. The molecule has 0 bridgehead atoms. The highest BCUT2D eigenvalue weighted by Gasteiger charge is 2.26. The number of ketones is 1. The van der Waals surface area contributed by atoms with E-state index in [4.69, 9.17) is 4.74 Å². The lowest BCUT2D eigenvalue weighted by Crippen LogP contribution is -2.38. The van der Waals surface area contributed by atoms with Crippen molar-refractivity contribution in [2.45, 2.75) is 6.92 Å². The number of halogens is 1. The molecule has 0 aromatic heterocycles. The number of hydrogen-bond donors (Lipinski definition) is 0. The standard InChI is InChI=1S/C17H14BrNO3/c1-11(20)12-6-7-16-15(10-12)19(8-9-22-16)17(21)13-4-2-3-5-14(13)18/h2-7,10H,8-9H2,1H3. The van der Waals surface area contributed by atoms with E-state index in [2.05, 4.69) is 15.9 Å². The van der Waals surface area contributed by atoms with Gasteiger partial charge in [0, 0.05) is 10.0 Å². The molecule has 1 aliphatic heterocycles. The van der Waals surface area contributed by atoms with Crippen LogP contribution in [0.25, 0.3) is 0 Å². The predicted octanol–water partition coefficient (Wildman–Crippen LogP) is 3.69. The summed E-state index contributed by atoms with van der Waals surface area (Å²) in [7, 11) is 0. The molecule has 0 spiro atoms. The first-order valence-corrected chi connectivity index (χ1v) is 7.71. The number of fused-ring (bicyclic) bond motifs is 1. The molecule has 0 saturated heterocycles. The Balaban J connectivity index is 2.04. The first-order valence-electron chi connectivity index (χ1n) is 6.92. The minimum absolute atomic E-state index is 0.0401. The molecule has 0 atom stereocenters. The summed E-state index contributed by atoms with van der Waals surface area (Å²) in [5.41, 5.74) is 1.79. The first-order chi connectivity index (χ1) is 10.6. The number of carbonyl (C=O) groups excluding carboxylic acids is 2. The molecule has 3 rings (SSSR count). The number of rotatable bonds is 2. The Labute approximate surface area is 136 Å². The van der Waals surface area contributed by atoms with Crippen molar-refractivity contribution in [2.75, 3.05) is 18.1 Å². The molecule has 0 saturated carbocycles. The van der Waals surface area contributed by atoms with E-state index in [9.17, 15) is 9.59 Å². The van der Waals surface area contributed by atoms with Crippen molar-refractivity contribution >= 4 is 33.3 Å². The fourth-order valence-corrected chi connectivity index (χ4v) is 2.88. The minimum Gasteiger partial charge on any atom is -0.490 e. The van der Waals surface area contributed by atoms with Crippen molar-refractivity contribution in [3.8, 4) is 5.75 Å². The van der Waals surface area contributed by atoms with E-state index >= 15 is 0 Å². The summed E-state index contributed by atoms with van der Waals surface area (Å²) in [4.78, 5) is 26.1. The third-order valence-electron chi connectivity index (χ3n) is 3.58. The number of ether oxygens (including phenoxy) is 1. The van der Waals surface area contributed by atoms with Crippen LogP contribution in [-0.4, -0.2) is 24.8 Å². The number of amides is 1. The lowest BCUT2D eigenvalue weighted by Gasteiger charge is -2.30. The van der Waals surface area contributed by atoms with Crippen LogP contribution in [0.3, 0.4) is 0 Å². The van der Waals surface area contributed by atoms with E-state index in [0.29, 0.717) is 35.7 Å². The van der Waals surface area contributed by atoms with Gasteiger partial charge in [0.2, 0.25) is 0 Å². The average molecular weight is 360 g/mol. The van der Waals surface area contributed by atoms with Crippen LogP contribution in [0.2, 0.25) is 0 Å². The van der Waals surface area contributed by atoms with Gasteiger partial charge in [0.15, 0.2) is 5.78 Å². The van der Waals surface area contributed by atoms with E-state index in [1.165, 1.54) is 6.92 Å². The molecule has 5 heteroatoms. The number of Topliss-reactive ketones (excluding diaryl/α,β-unsaturated/α-hetero) is 1. The Morgan fingerprint density at radius 1 is 1.18 bits per heavy atom. The van der Waals surface area contributed by atoms with E-state index < -0.39 is 0 Å². The van der Waals surface area contributed by atoms with Crippen LogP contribution in [0.1, 0.15) is 27.6 Å². The van der Waals surface area contributed by atoms with E-state index in [0.717, 1.165) is 4.47 Å². The Bertz CT molecular complexity index is 757. The maximum Gasteiger partial charge on any atom is 0.259 e. The monoisotopic (exact) mass is 359 g/mol. The largest absolute Gasteiger partial charge is 0.490 e. The van der Waals surface area contributed by atoms with Gasteiger partial charge in [-0.05, 0) is 53.2 Å². The highest BCUT2D eigenvalue weighted by Crippen LogP contribution is 2.34. The molecule has 0 unspecified atom stereocenters. The van der Waals surface area contributed by atoms with Crippen LogP contribution in [0, 0.1) is 0 Å². The van der Waals surface area contributed by atoms with Crippen molar-refractivity contribution in [2.24, 2.45) is 0 Å². The second-order valence-electron chi connectivity index (χ2n) is 5.02. The smallest absolute Gasteiger partial charge is 0.259 e. The van der Waals surface area contributed by atoms with Crippen LogP contribution in [-0.2, 0) is 0 Å². The van der Waals surface area contributed by atoms with Gasteiger partial charge in [0.25, 0.3) is 5.91 Å². The number of anilines is 1. The molecule has 22 heavy (non-hydrogen) atoms. The van der Waals surface area contributed by atoms with Gasteiger partial charge in [0.1, 0.15) is 12.4 Å². The lowest BCUT2D eigenvalue weighted by molar-refractivity contribution is 0.0972. The maximum absolute atomic E-state index is 12.8. The Kier molecular flexibility index (Phi) is 3.98. The van der Waals surface area contributed by atoms with Crippen molar-refractivity contribution < 1.29 is 14.3 Å². The summed E-state index contributed by atoms with van der Waals surface area (Å²) in [6.07, 6.45) is 0. The highest BCUT2D eigenvalue weighted by molar-refractivity contribution is 9.10. The summed E-state index contributed by atoms with van der Waals surface area (Å²) in [6.45, 7) is 2.39. The van der Waals surface area contributed by atoms with Gasteiger partial charge in [-0.15, -0.1) is 0 Å². The summed E-state index contributed by atoms with van der Waals surface area (Å²) in [6, 6.07) is 12.5. The molecule has 1 aliphatic rings. The van der Waals surface area contributed by atoms with E-state index in [-0.39, 0.29) is 11.7 Å². The first kappa shape index (κ1) is 14.8. The minimum atomic E-state index is -0.113. The van der Waals surface area contributed by atoms with Crippen molar-refractivity contribution in [3.63, 3.8) is 0 Å². The molecular formula is C17H14BrNO3. The number of carbonyl (C=O) groups is 2. The number of hydrogen-bond acceptors (Lipinski definition) is 3. The van der Waals surface area contributed by atoms with Gasteiger partial charge >= 0.3 is 0 Å². The molecule has 1 amide bonds. The van der Waals surface area contributed by atoms with Crippen LogP contribution < -0.4 is 9.64 Å². The maximum atomic E-state index is 12.8. The van der Waals surface area contributed by atoms with Crippen LogP contribution in [0.5, 0.6) is 5.75 Å². The molecule has 4 nitrogen and oxygen atoms in total. The molecule has 2 aromatic carbocycles. The zero-order valence-electron chi connectivity index (χ0n) is 12.0.